The summed E-state index contributed by atoms with van der Waals surface area (Å²) < 4.78 is 11.3. The normalized spacial score (nSPS) is 21.6. The number of hydrogen-bond donors (Lipinski definition) is 1. The third kappa shape index (κ3) is 4.99. The number of hydrogen-bond acceptors (Lipinski definition) is 5. The van der Waals surface area contributed by atoms with E-state index in [0.717, 1.165) is 13.0 Å². The van der Waals surface area contributed by atoms with Crippen LogP contribution in [0.25, 0.3) is 0 Å². The molecule has 0 aromatic heterocycles. The van der Waals surface area contributed by atoms with Gasteiger partial charge in [-0.05, 0) is 31.0 Å². The SMILES string of the molecule is CCc1ccc(OC(C)C(=O)N2CCN(C(=O)C3CNCCO3)CC2)cc1. The molecule has 27 heavy (non-hydrogen) atoms. The van der Waals surface area contributed by atoms with Crippen LogP contribution in [0.2, 0.25) is 0 Å². The Morgan fingerprint density at radius 2 is 1.85 bits per heavy atom. The molecule has 148 valence electrons. The molecule has 0 saturated carbocycles. The van der Waals surface area contributed by atoms with E-state index in [1.807, 2.05) is 24.3 Å². The van der Waals surface area contributed by atoms with E-state index in [1.54, 1.807) is 16.7 Å². The van der Waals surface area contributed by atoms with E-state index in [-0.39, 0.29) is 11.8 Å². The first-order chi connectivity index (χ1) is 13.1. The molecule has 3 rings (SSSR count). The topological polar surface area (TPSA) is 71.1 Å². The molecule has 0 aliphatic carbocycles. The van der Waals surface area contributed by atoms with Crippen molar-refractivity contribution in [2.45, 2.75) is 32.5 Å². The number of amides is 2. The van der Waals surface area contributed by atoms with Gasteiger partial charge in [-0.3, -0.25) is 9.59 Å². The number of morpholine rings is 1. The number of piperazine rings is 1. The summed E-state index contributed by atoms with van der Waals surface area (Å²) in [6, 6.07) is 7.83. The number of carbonyl (C=O) groups is 2. The van der Waals surface area contributed by atoms with Crippen LogP contribution in [-0.4, -0.2) is 79.7 Å². The Kier molecular flexibility index (Phi) is 6.68. The Hall–Kier alpha value is -2.12. The molecule has 1 N–H and O–H groups in total. The zero-order valence-electron chi connectivity index (χ0n) is 16.1. The highest BCUT2D eigenvalue weighted by Crippen LogP contribution is 2.16. The van der Waals surface area contributed by atoms with E-state index < -0.39 is 12.2 Å². The van der Waals surface area contributed by atoms with E-state index in [0.29, 0.717) is 45.1 Å². The average molecular weight is 375 g/mol. The number of nitrogens with one attached hydrogen (secondary N) is 1. The molecule has 0 radical (unpaired) electrons. The summed E-state index contributed by atoms with van der Waals surface area (Å²) in [6.07, 6.45) is 0.0136. The zero-order valence-corrected chi connectivity index (χ0v) is 16.1. The summed E-state index contributed by atoms with van der Waals surface area (Å²) in [5.74, 6) is 0.663. The molecule has 2 heterocycles. The van der Waals surface area contributed by atoms with Gasteiger partial charge in [0.1, 0.15) is 11.9 Å². The smallest absolute Gasteiger partial charge is 0.263 e. The van der Waals surface area contributed by atoms with Gasteiger partial charge in [-0.1, -0.05) is 19.1 Å². The molecular weight excluding hydrogens is 346 g/mol. The molecule has 0 spiro atoms. The lowest BCUT2D eigenvalue weighted by molar-refractivity contribution is -0.151. The lowest BCUT2D eigenvalue weighted by atomic mass is 10.2. The predicted molar refractivity (Wildman–Crippen MR) is 102 cm³/mol. The Balaban J connectivity index is 1.47. The summed E-state index contributed by atoms with van der Waals surface area (Å²) in [5, 5.41) is 3.17. The van der Waals surface area contributed by atoms with Gasteiger partial charge in [-0.2, -0.15) is 0 Å². The van der Waals surface area contributed by atoms with Crippen LogP contribution in [-0.2, 0) is 20.7 Å². The third-order valence-corrected chi connectivity index (χ3v) is 5.10. The van der Waals surface area contributed by atoms with E-state index in [4.69, 9.17) is 9.47 Å². The van der Waals surface area contributed by atoms with Crippen LogP contribution in [0.5, 0.6) is 5.75 Å². The molecule has 2 unspecified atom stereocenters. The summed E-state index contributed by atoms with van der Waals surface area (Å²) in [4.78, 5) is 28.7. The maximum atomic E-state index is 12.7. The minimum atomic E-state index is -0.550. The second-order valence-corrected chi connectivity index (χ2v) is 6.97. The highest BCUT2D eigenvalue weighted by Gasteiger charge is 2.31. The van der Waals surface area contributed by atoms with Gasteiger partial charge in [0.25, 0.3) is 11.8 Å². The van der Waals surface area contributed by atoms with Crippen LogP contribution in [0.3, 0.4) is 0 Å². The average Bonchev–Trinajstić information content (AvgIpc) is 2.74. The van der Waals surface area contributed by atoms with Crippen LogP contribution in [0.4, 0.5) is 0 Å². The summed E-state index contributed by atoms with van der Waals surface area (Å²) in [6.45, 7) is 7.87. The number of nitrogens with zero attached hydrogens (tertiary/aromatic N) is 2. The highest BCUT2D eigenvalue weighted by atomic mass is 16.5. The lowest BCUT2D eigenvalue weighted by Crippen LogP contribution is -2.57. The van der Waals surface area contributed by atoms with Gasteiger partial charge in [0.2, 0.25) is 0 Å². The zero-order chi connectivity index (χ0) is 19.2. The minimum absolute atomic E-state index is 0.00890. The predicted octanol–water partition coefficient (Wildman–Crippen LogP) is 0.676. The third-order valence-electron chi connectivity index (χ3n) is 5.10. The van der Waals surface area contributed by atoms with Gasteiger partial charge >= 0.3 is 0 Å². The van der Waals surface area contributed by atoms with Crippen molar-refractivity contribution in [3.05, 3.63) is 29.8 Å². The quantitative estimate of drug-likeness (QED) is 0.819. The van der Waals surface area contributed by atoms with Crippen molar-refractivity contribution in [1.82, 2.24) is 15.1 Å². The Labute approximate surface area is 160 Å². The van der Waals surface area contributed by atoms with Crippen molar-refractivity contribution in [2.75, 3.05) is 45.9 Å². The molecule has 2 saturated heterocycles. The molecular formula is C20H29N3O4. The second kappa shape index (κ2) is 9.19. The Bertz CT molecular complexity index is 635. The molecule has 2 aliphatic heterocycles. The van der Waals surface area contributed by atoms with Gasteiger partial charge < -0.3 is 24.6 Å². The molecule has 2 atom stereocenters. The molecule has 2 aliphatic rings. The van der Waals surface area contributed by atoms with Crippen LogP contribution < -0.4 is 10.1 Å². The van der Waals surface area contributed by atoms with Crippen molar-refractivity contribution in [3.8, 4) is 5.75 Å². The fourth-order valence-corrected chi connectivity index (χ4v) is 3.39. The van der Waals surface area contributed by atoms with E-state index in [1.165, 1.54) is 5.56 Å². The van der Waals surface area contributed by atoms with Crippen molar-refractivity contribution in [2.24, 2.45) is 0 Å². The second-order valence-electron chi connectivity index (χ2n) is 6.97. The molecule has 2 fully saturated rings. The van der Waals surface area contributed by atoms with Crippen LogP contribution >= 0.6 is 0 Å². The standard InChI is InChI=1S/C20H29N3O4/c1-3-16-4-6-17(7-5-16)27-15(2)19(24)22-9-11-23(12-10-22)20(25)18-14-21-8-13-26-18/h4-7,15,18,21H,3,8-14H2,1-2H3. The van der Waals surface area contributed by atoms with Crippen LogP contribution in [0.1, 0.15) is 19.4 Å². The number of aryl methyl sites for hydroxylation is 1. The monoisotopic (exact) mass is 375 g/mol. The van der Waals surface area contributed by atoms with Gasteiger partial charge in [-0.15, -0.1) is 0 Å². The number of rotatable bonds is 5. The van der Waals surface area contributed by atoms with Gasteiger partial charge in [-0.25, -0.2) is 0 Å². The van der Waals surface area contributed by atoms with E-state index in [9.17, 15) is 9.59 Å². The van der Waals surface area contributed by atoms with Gasteiger partial charge in [0, 0.05) is 39.3 Å². The van der Waals surface area contributed by atoms with Gasteiger partial charge in [0.05, 0.1) is 6.61 Å². The maximum absolute atomic E-state index is 12.7. The minimum Gasteiger partial charge on any atom is -0.481 e. The molecule has 1 aromatic rings. The molecule has 2 amide bonds. The fourth-order valence-electron chi connectivity index (χ4n) is 3.39. The fraction of sp³-hybridized carbons (Fsp3) is 0.600. The molecule has 7 nitrogen and oxygen atoms in total. The largest absolute Gasteiger partial charge is 0.481 e. The number of carbonyl (C=O) groups excluding carboxylic acids is 2. The van der Waals surface area contributed by atoms with Crippen molar-refractivity contribution < 1.29 is 19.1 Å². The Morgan fingerprint density at radius 1 is 1.19 bits per heavy atom. The lowest BCUT2D eigenvalue weighted by Gasteiger charge is -2.37. The Morgan fingerprint density at radius 3 is 2.44 bits per heavy atom. The van der Waals surface area contributed by atoms with Crippen molar-refractivity contribution in [3.63, 3.8) is 0 Å². The maximum Gasteiger partial charge on any atom is 0.263 e. The summed E-state index contributed by atoms with van der Waals surface area (Å²) >= 11 is 0. The summed E-state index contributed by atoms with van der Waals surface area (Å²) in [5.41, 5.74) is 1.24. The highest BCUT2D eigenvalue weighted by molar-refractivity contribution is 5.83. The van der Waals surface area contributed by atoms with E-state index in [2.05, 4.69) is 12.2 Å². The molecule has 0 bridgehead atoms. The van der Waals surface area contributed by atoms with Crippen LogP contribution in [0.15, 0.2) is 24.3 Å². The molecule has 7 heteroatoms. The molecule has 1 aromatic carbocycles. The number of ether oxygens (including phenoxy) is 2. The van der Waals surface area contributed by atoms with Gasteiger partial charge in [0.15, 0.2) is 6.10 Å². The summed E-state index contributed by atoms with van der Waals surface area (Å²) in [7, 11) is 0. The van der Waals surface area contributed by atoms with E-state index >= 15 is 0 Å². The van der Waals surface area contributed by atoms with Crippen molar-refractivity contribution >= 4 is 11.8 Å². The van der Waals surface area contributed by atoms with Crippen LogP contribution in [0, 0.1) is 0 Å². The first kappa shape index (κ1) is 19.6. The number of benzene rings is 1. The van der Waals surface area contributed by atoms with Crippen molar-refractivity contribution in [1.29, 1.82) is 0 Å². The first-order valence-electron chi connectivity index (χ1n) is 9.74. The first-order valence-corrected chi connectivity index (χ1v) is 9.74.